The third-order valence-electron chi connectivity index (χ3n) is 2.58. The summed E-state index contributed by atoms with van der Waals surface area (Å²) in [6.07, 6.45) is 0.558. The highest BCUT2D eigenvalue weighted by atomic mass is 35.5. The summed E-state index contributed by atoms with van der Waals surface area (Å²) in [6, 6.07) is 0. The molecule has 0 aromatic rings. The van der Waals surface area contributed by atoms with Crippen LogP contribution < -0.4 is 0 Å². The minimum atomic E-state index is -3.43. The maximum atomic E-state index is 11.7. The first kappa shape index (κ1) is 15.2. The van der Waals surface area contributed by atoms with Crippen molar-refractivity contribution in [2.75, 3.05) is 37.1 Å². The molecule has 0 N–H and O–H groups in total. The van der Waals surface area contributed by atoms with Crippen molar-refractivity contribution in [2.45, 2.75) is 13.3 Å². The first-order chi connectivity index (χ1) is 7.83. The van der Waals surface area contributed by atoms with E-state index in [0.29, 0.717) is 6.42 Å². The lowest BCUT2D eigenvalue weighted by molar-refractivity contribution is 0.273. The van der Waals surface area contributed by atoms with E-state index in [9.17, 15) is 16.8 Å². The fourth-order valence-corrected chi connectivity index (χ4v) is 4.45. The molecule has 17 heavy (non-hydrogen) atoms. The summed E-state index contributed by atoms with van der Waals surface area (Å²) < 4.78 is 49.0. The molecule has 1 fully saturated rings. The molecule has 0 aromatic heterocycles. The Hall–Kier alpha value is 0.110. The fraction of sp³-hybridized carbons (Fsp3) is 1.00. The molecule has 0 unspecified atom stereocenters. The molecule has 0 atom stereocenters. The van der Waals surface area contributed by atoms with E-state index < -0.39 is 25.3 Å². The molecule has 0 aliphatic carbocycles. The number of hydrogen-bond acceptors (Lipinski definition) is 4. The van der Waals surface area contributed by atoms with Crippen LogP contribution in [-0.4, -0.2) is 62.6 Å². The van der Waals surface area contributed by atoms with Crippen LogP contribution in [0.1, 0.15) is 13.3 Å². The fourth-order valence-electron chi connectivity index (χ4n) is 1.68. The average molecular weight is 305 g/mol. The number of piperazine rings is 1. The van der Waals surface area contributed by atoms with Crippen molar-refractivity contribution < 1.29 is 16.8 Å². The van der Waals surface area contributed by atoms with Crippen LogP contribution in [0.2, 0.25) is 0 Å². The minimum absolute atomic E-state index is 0.106. The van der Waals surface area contributed by atoms with Crippen molar-refractivity contribution in [1.82, 2.24) is 8.61 Å². The topological polar surface area (TPSA) is 74.8 Å². The maximum Gasteiger partial charge on any atom is 0.228 e. The zero-order chi connectivity index (χ0) is 13.1. The lowest BCUT2D eigenvalue weighted by Gasteiger charge is -2.32. The lowest BCUT2D eigenvalue weighted by atomic mass is 10.4. The summed E-state index contributed by atoms with van der Waals surface area (Å²) in [7, 11) is -6.66. The molecule has 0 spiro atoms. The van der Waals surface area contributed by atoms with Gasteiger partial charge in [0.2, 0.25) is 20.0 Å². The van der Waals surface area contributed by atoms with Crippen LogP contribution >= 0.6 is 11.6 Å². The van der Waals surface area contributed by atoms with E-state index in [0.717, 1.165) is 0 Å². The molecule has 1 aliphatic heterocycles. The van der Waals surface area contributed by atoms with Crippen LogP contribution in [0.25, 0.3) is 0 Å². The monoisotopic (exact) mass is 304 g/mol. The molecular weight excluding hydrogens is 288 g/mol. The lowest BCUT2D eigenvalue weighted by Crippen LogP contribution is -2.51. The highest BCUT2D eigenvalue weighted by Gasteiger charge is 2.30. The summed E-state index contributed by atoms with van der Waals surface area (Å²) in [5, 5.41) is -0.464. The van der Waals surface area contributed by atoms with Crippen LogP contribution in [0, 0.1) is 0 Å². The Balaban J connectivity index is 2.64. The van der Waals surface area contributed by atoms with Crippen LogP contribution in [0.3, 0.4) is 0 Å². The zero-order valence-corrected chi connectivity index (χ0v) is 12.1. The first-order valence-corrected chi connectivity index (χ1v) is 9.10. The molecule has 9 heteroatoms. The van der Waals surface area contributed by atoms with Gasteiger partial charge in [0.1, 0.15) is 5.21 Å². The second-order valence-corrected chi connectivity index (χ2v) is 8.48. The number of sulfonamides is 2. The van der Waals surface area contributed by atoms with Gasteiger partial charge < -0.3 is 0 Å². The van der Waals surface area contributed by atoms with E-state index in [-0.39, 0.29) is 31.9 Å². The molecule has 102 valence electrons. The van der Waals surface area contributed by atoms with Crippen LogP contribution in [0.4, 0.5) is 0 Å². The van der Waals surface area contributed by atoms with Gasteiger partial charge in [-0.15, -0.1) is 11.6 Å². The average Bonchev–Trinajstić information content (AvgIpc) is 2.29. The predicted octanol–water partition coefficient (Wildman–Crippen LogP) is -0.130. The van der Waals surface area contributed by atoms with Crippen LogP contribution in [0.5, 0.6) is 0 Å². The summed E-state index contributed by atoms with van der Waals surface area (Å²) in [4.78, 5) is 0. The number of rotatable bonds is 5. The van der Waals surface area contributed by atoms with Gasteiger partial charge in [-0.1, -0.05) is 6.92 Å². The summed E-state index contributed by atoms with van der Waals surface area (Å²) in [5.74, 6) is 0.106. The number of halogens is 1. The van der Waals surface area contributed by atoms with Crippen LogP contribution in [0.15, 0.2) is 0 Å². The van der Waals surface area contributed by atoms with E-state index in [4.69, 9.17) is 11.6 Å². The summed E-state index contributed by atoms with van der Waals surface area (Å²) in [5.41, 5.74) is 0. The van der Waals surface area contributed by atoms with Crippen molar-refractivity contribution in [3.8, 4) is 0 Å². The van der Waals surface area contributed by atoms with Crippen molar-refractivity contribution in [2.24, 2.45) is 0 Å². The van der Waals surface area contributed by atoms with Crippen molar-refractivity contribution in [3.05, 3.63) is 0 Å². The van der Waals surface area contributed by atoms with Gasteiger partial charge in [-0.25, -0.2) is 16.8 Å². The van der Waals surface area contributed by atoms with Crippen LogP contribution in [-0.2, 0) is 20.0 Å². The Bertz CT molecular complexity index is 440. The van der Waals surface area contributed by atoms with Gasteiger partial charge in [-0.05, 0) is 6.42 Å². The number of hydrogen-bond donors (Lipinski definition) is 0. The maximum absolute atomic E-state index is 11.7. The second kappa shape index (κ2) is 5.83. The van der Waals surface area contributed by atoms with E-state index in [1.54, 1.807) is 6.92 Å². The predicted molar refractivity (Wildman–Crippen MR) is 66.9 cm³/mol. The van der Waals surface area contributed by atoms with Gasteiger partial charge in [0.15, 0.2) is 0 Å². The highest BCUT2D eigenvalue weighted by molar-refractivity contribution is 7.90. The van der Waals surface area contributed by atoms with Gasteiger partial charge in [0, 0.05) is 26.2 Å². The van der Waals surface area contributed by atoms with Gasteiger partial charge in [-0.3, -0.25) is 0 Å². The number of nitrogens with zero attached hydrogens (tertiary/aromatic N) is 2. The summed E-state index contributed by atoms with van der Waals surface area (Å²) in [6.45, 7) is 2.57. The molecule has 1 rings (SSSR count). The van der Waals surface area contributed by atoms with Gasteiger partial charge in [0.25, 0.3) is 0 Å². The highest BCUT2D eigenvalue weighted by Crippen LogP contribution is 2.12. The van der Waals surface area contributed by atoms with E-state index >= 15 is 0 Å². The first-order valence-electron chi connectivity index (χ1n) is 5.35. The van der Waals surface area contributed by atoms with E-state index in [2.05, 4.69) is 0 Å². The third kappa shape index (κ3) is 3.78. The molecule has 1 aliphatic rings. The van der Waals surface area contributed by atoms with E-state index in [1.165, 1.54) is 8.61 Å². The van der Waals surface area contributed by atoms with Crippen molar-refractivity contribution in [1.29, 1.82) is 0 Å². The second-order valence-electron chi connectivity index (χ2n) is 3.84. The molecule has 0 bridgehead atoms. The Morgan fingerprint density at radius 3 is 1.71 bits per heavy atom. The zero-order valence-electron chi connectivity index (χ0n) is 9.67. The molecule has 0 saturated carbocycles. The molecule has 6 nitrogen and oxygen atoms in total. The molecule has 0 radical (unpaired) electrons. The van der Waals surface area contributed by atoms with Crippen molar-refractivity contribution >= 4 is 31.6 Å². The largest absolute Gasteiger partial charge is 0.228 e. The third-order valence-corrected chi connectivity index (χ3v) is 6.92. The van der Waals surface area contributed by atoms with Gasteiger partial charge in [0.05, 0.1) is 5.75 Å². The molecule has 0 amide bonds. The van der Waals surface area contributed by atoms with Gasteiger partial charge in [-0.2, -0.15) is 8.61 Å². The Kier molecular flexibility index (Phi) is 5.21. The molecular formula is C8H17ClN2O4S2. The quantitative estimate of drug-likeness (QED) is 0.663. The SMILES string of the molecule is CCCS(=O)(=O)N1CCN(S(=O)(=O)CCl)CC1. The molecule has 1 saturated heterocycles. The summed E-state index contributed by atoms with van der Waals surface area (Å²) >= 11 is 5.34. The molecule has 1 heterocycles. The van der Waals surface area contributed by atoms with E-state index in [1.807, 2.05) is 0 Å². The van der Waals surface area contributed by atoms with Gasteiger partial charge >= 0.3 is 0 Å². The molecule has 0 aromatic carbocycles. The Morgan fingerprint density at radius 1 is 0.941 bits per heavy atom. The minimum Gasteiger partial charge on any atom is -0.212 e. The Labute approximate surface area is 108 Å². The standard InChI is InChI=1S/C8H17ClN2O4S2/c1-2-7-16(12,13)10-3-5-11(6-4-10)17(14,15)8-9/h2-8H2,1H3. The Morgan fingerprint density at radius 2 is 1.35 bits per heavy atom. The number of alkyl halides is 1. The normalized spacial score (nSPS) is 20.6. The van der Waals surface area contributed by atoms with Crippen molar-refractivity contribution in [3.63, 3.8) is 0 Å². The smallest absolute Gasteiger partial charge is 0.212 e.